The van der Waals surface area contributed by atoms with E-state index in [0.29, 0.717) is 11.5 Å². The second-order valence-corrected chi connectivity index (χ2v) is 5.57. The van der Waals surface area contributed by atoms with Gasteiger partial charge in [-0.1, -0.05) is 19.4 Å². The van der Waals surface area contributed by atoms with E-state index in [0.717, 1.165) is 37.1 Å². The van der Waals surface area contributed by atoms with Crippen molar-refractivity contribution in [2.45, 2.75) is 40.0 Å². The van der Waals surface area contributed by atoms with Crippen molar-refractivity contribution in [3.63, 3.8) is 0 Å². The van der Waals surface area contributed by atoms with Crippen molar-refractivity contribution in [3.8, 4) is 5.75 Å². The fourth-order valence-electron chi connectivity index (χ4n) is 2.73. The van der Waals surface area contributed by atoms with E-state index in [1.807, 2.05) is 24.8 Å². The first kappa shape index (κ1) is 13.9. The monoisotopic (exact) mass is 261 g/mol. The summed E-state index contributed by atoms with van der Waals surface area (Å²) in [6.45, 7) is 7.60. The van der Waals surface area contributed by atoms with Gasteiger partial charge in [-0.2, -0.15) is 0 Å². The first-order valence-electron chi connectivity index (χ1n) is 7.13. The van der Waals surface area contributed by atoms with Crippen molar-refractivity contribution in [1.29, 1.82) is 0 Å². The van der Waals surface area contributed by atoms with Gasteiger partial charge in [0.1, 0.15) is 5.75 Å². The van der Waals surface area contributed by atoms with Gasteiger partial charge in [0, 0.05) is 13.1 Å². The number of amides is 1. The fourth-order valence-corrected chi connectivity index (χ4v) is 2.73. The Morgan fingerprint density at radius 3 is 2.84 bits per heavy atom. The maximum Gasteiger partial charge on any atom is 0.257 e. The first-order valence-corrected chi connectivity index (χ1v) is 7.13. The van der Waals surface area contributed by atoms with Gasteiger partial charge in [-0.15, -0.1) is 0 Å². The van der Waals surface area contributed by atoms with Crippen LogP contribution in [0.15, 0.2) is 12.1 Å². The number of phenols is 1. The molecule has 1 aliphatic rings. The summed E-state index contributed by atoms with van der Waals surface area (Å²) in [6.07, 6.45) is 3.39. The average molecular weight is 261 g/mol. The number of likely N-dealkylation sites (tertiary alicyclic amines) is 1. The Labute approximate surface area is 115 Å². The minimum Gasteiger partial charge on any atom is -0.507 e. The normalized spacial score (nSPS) is 19.5. The molecule has 19 heavy (non-hydrogen) atoms. The first-order chi connectivity index (χ1) is 9.04. The van der Waals surface area contributed by atoms with Crippen LogP contribution < -0.4 is 0 Å². The summed E-state index contributed by atoms with van der Waals surface area (Å²) in [5, 5.41) is 10.2. The molecular formula is C16H23NO2. The minimum absolute atomic E-state index is 0.0289. The highest BCUT2D eigenvalue weighted by atomic mass is 16.3. The molecular weight excluding hydrogens is 238 g/mol. The van der Waals surface area contributed by atoms with Crippen LogP contribution >= 0.6 is 0 Å². The highest BCUT2D eigenvalue weighted by molar-refractivity contribution is 5.97. The number of benzene rings is 1. The molecule has 1 N–H and O–H groups in total. The molecule has 3 nitrogen and oxygen atoms in total. The molecule has 1 heterocycles. The average Bonchev–Trinajstić information content (AvgIpc) is 2.44. The number of phenolic OH excluding ortho intramolecular Hbond substituents is 1. The Bertz CT molecular complexity index is 482. The van der Waals surface area contributed by atoms with Crippen LogP contribution in [-0.4, -0.2) is 29.0 Å². The number of rotatable bonds is 2. The van der Waals surface area contributed by atoms with Gasteiger partial charge in [0.15, 0.2) is 0 Å². The molecule has 0 aromatic heterocycles. The lowest BCUT2D eigenvalue weighted by Gasteiger charge is -2.32. The molecule has 1 aromatic carbocycles. The summed E-state index contributed by atoms with van der Waals surface area (Å²) in [7, 11) is 0. The van der Waals surface area contributed by atoms with Gasteiger partial charge in [0.05, 0.1) is 5.56 Å². The minimum atomic E-state index is -0.0289. The number of nitrogens with zero attached hydrogens (tertiary/aromatic N) is 1. The summed E-state index contributed by atoms with van der Waals surface area (Å²) >= 11 is 0. The molecule has 0 bridgehead atoms. The van der Waals surface area contributed by atoms with Crippen molar-refractivity contribution < 1.29 is 9.90 Å². The third-order valence-electron chi connectivity index (χ3n) is 4.32. The molecule has 0 spiro atoms. The maximum atomic E-state index is 12.5. The number of aromatic hydroxyl groups is 1. The van der Waals surface area contributed by atoms with E-state index in [2.05, 4.69) is 6.92 Å². The van der Waals surface area contributed by atoms with Crippen LogP contribution in [0.1, 0.15) is 47.7 Å². The number of carbonyl (C=O) groups is 1. The van der Waals surface area contributed by atoms with Crippen LogP contribution in [0.25, 0.3) is 0 Å². The van der Waals surface area contributed by atoms with E-state index in [4.69, 9.17) is 0 Å². The van der Waals surface area contributed by atoms with Crippen molar-refractivity contribution in [1.82, 2.24) is 4.90 Å². The number of hydrogen-bond acceptors (Lipinski definition) is 2. The van der Waals surface area contributed by atoms with Crippen LogP contribution in [-0.2, 0) is 0 Å². The van der Waals surface area contributed by atoms with Gasteiger partial charge < -0.3 is 10.0 Å². The molecule has 1 fully saturated rings. The Kier molecular flexibility index (Phi) is 4.13. The standard InChI is InChI=1S/C16H23NO2/c1-4-13-6-5-9-17(10-13)16(19)14-8-7-11(2)12(3)15(14)18/h7-8,13,18H,4-6,9-10H2,1-3H3. The number of piperidine rings is 1. The molecule has 1 atom stereocenters. The van der Waals surface area contributed by atoms with Crippen LogP contribution in [0, 0.1) is 19.8 Å². The largest absolute Gasteiger partial charge is 0.507 e. The molecule has 1 unspecified atom stereocenters. The van der Waals surface area contributed by atoms with Gasteiger partial charge in [0.2, 0.25) is 0 Å². The predicted molar refractivity (Wildman–Crippen MR) is 76.5 cm³/mol. The summed E-state index contributed by atoms with van der Waals surface area (Å²) in [5.74, 6) is 0.716. The van der Waals surface area contributed by atoms with E-state index in [9.17, 15) is 9.90 Å². The van der Waals surface area contributed by atoms with E-state index >= 15 is 0 Å². The summed E-state index contributed by atoms with van der Waals surface area (Å²) in [6, 6.07) is 3.65. The Hall–Kier alpha value is -1.51. The van der Waals surface area contributed by atoms with E-state index in [1.54, 1.807) is 6.07 Å². The zero-order valence-electron chi connectivity index (χ0n) is 12.1. The van der Waals surface area contributed by atoms with Crippen LogP contribution in [0.4, 0.5) is 0 Å². The summed E-state index contributed by atoms with van der Waals surface area (Å²) in [5.41, 5.74) is 2.26. The molecule has 3 heteroatoms. The Morgan fingerprint density at radius 1 is 1.42 bits per heavy atom. The maximum absolute atomic E-state index is 12.5. The smallest absolute Gasteiger partial charge is 0.257 e. The van der Waals surface area contributed by atoms with Crippen LogP contribution in [0.2, 0.25) is 0 Å². The molecule has 0 aliphatic carbocycles. The van der Waals surface area contributed by atoms with Gasteiger partial charge >= 0.3 is 0 Å². The molecule has 1 aliphatic heterocycles. The fraction of sp³-hybridized carbons (Fsp3) is 0.562. The van der Waals surface area contributed by atoms with Gasteiger partial charge in [-0.25, -0.2) is 0 Å². The molecule has 1 saturated heterocycles. The lowest BCUT2D eigenvalue weighted by Crippen LogP contribution is -2.39. The van der Waals surface area contributed by atoms with E-state index in [-0.39, 0.29) is 11.7 Å². The summed E-state index contributed by atoms with van der Waals surface area (Å²) < 4.78 is 0. The third kappa shape index (κ3) is 2.75. The Morgan fingerprint density at radius 2 is 2.16 bits per heavy atom. The molecule has 104 valence electrons. The van der Waals surface area contributed by atoms with Gasteiger partial charge in [0.25, 0.3) is 5.91 Å². The molecule has 1 aromatic rings. The van der Waals surface area contributed by atoms with Crippen LogP contribution in [0.5, 0.6) is 5.75 Å². The SMILES string of the molecule is CCC1CCCN(C(=O)c2ccc(C)c(C)c2O)C1. The number of aryl methyl sites for hydroxylation is 1. The zero-order valence-corrected chi connectivity index (χ0v) is 12.1. The molecule has 2 rings (SSSR count). The zero-order chi connectivity index (χ0) is 14.0. The Balaban J connectivity index is 2.22. The van der Waals surface area contributed by atoms with Crippen LogP contribution in [0.3, 0.4) is 0 Å². The van der Waals surface area contributed by atoms with Crippen molar-refractivity contribution in [3.05, 3.63) is 28.8 Å². The predicted octanol–water partition coefficient (Wildman–Crippen LogP) is 3.27. The lowest BCUT2D eigenvalue weighted by atomic mass is 9.94. The van der Waals surface area contributed by atoms with E-state index in [1.165, 1.54) is 6.42 Å². The molecule has 1 amide bonds. The number of hydrogen-bond donors (Lipinski definition) is 1. The molecule has 0 radical (unpaired) electrons. The topological polar surface area (TPSA) is 40.5 Å². The second kappa shape index (κ2) is 5.64. The summed E-state index contributed by atoms with van der Waals surface area (Å²) in [4.78, 5) is 14.4. The highest BCUT2D eigenvalue weighted by Gasteiger charge is 2.25. The van der Waals surface area contributed by atoms with Crippen molar-refractivity contribution in [2.24, 2.45) is 5.92 Å². The van der Waals surface area contributed by atoms with Gasteiger partial charge in [-0.05, 0) is 49.8 Å². The molecule has 0 saturated carbocycles. The highest BCUT2D eigenvalue weighted by Crippen LogP contribution is 2.28. The van der Waals surface area contributed by atoms with Crippen molar-refractivity contribution in [2.75, 3.05) is 13.1 Å². The quantitative estimate of drug-likeness (QED) is 0.887. The van der Waals surface area contributed by atoms with Gasteiger partial charge in [-0.3, -0.25) is 4.79 Å². The van der Waals surface area contributed by atoms with Crippen molar-refractivity contribution >= 4 is 5.91 Å². The van der Waals surface area contributed by atoms with E-state index < -0.39 is 0 Å². The second-order valence-electron chi connectivity index (χ2n) is 5.57. The number of carbonyl (C=O) groups excluding carboxylic acids is 1. The lowest BCUT2D eigenvalue weighted by molar-refractivity contribution is 0.0668. The third-order valence-corrected chi connectivity index (χ3v) is 4.32.